The Bertz CT molecular complexity index is 648. The highest BCUT2D eigenvalue weighted by molar-refractivity contribution is 5.80. The van der Waals surface area contributed by atoms with Crippen LogP contribution in [0.5, 0.6) is 0 Å². The number of benzene rings is 1. The molecule has 1 aliphatic rings. The highest BCUT2D eigenvalue weighted by Gasteiger charge is 2.18. The molecule has 1 saturated heterocycles. The van der Waals surface area contributed by atoms with Crippen LogP contribution in [-0.4, -0.2) is 47.0 Å². The predicted octanol–water partition coefficient (Wildman–Crippen LogP) is 2.63. The van der Waals surface area contributed by atoms with Gasteiger partial charge in [-0.25, -0.2) is 0 Å². The van der Waals surface area contributed by atoms with Gasteiger partial charge in [0.25, 0.3) is 0 Å². The molecule has 1 fully saturated rings. The smallest absolute Gasteiger partial charge is 0.120 e. The third-order valence-electron chi connectivity index (χ3n) is 4.04. The molecule has 1 unspecified atom stereocenters. The van der Waals surface area contributed by atoms with Gasteiger partial charge in [-0.3, -0.25) is 15.0 Å². The van der Waals surface area contributed by atoms with Gasteiger partial charge in [-0.05, 0) is 19.4 Å². The summed E-state index contributed by atoms with van der Waals surface area (Å²) in [4.78, 5) is 15.9. The van der Waals surface area contributed by atoms with E-state index >= 15 is 0 Å². The van der Waals surface area contributed by atoms with Gasteiger partial charge in [0.05, 0.1) is 30.9 Å². The molecular weight excluding hydrogens is 288 g/mol. The zero-order valence-corrected chi connectivity index (χ0v) is 13.6. The predicted molar refractivity (Wildman–Crippen MR) is 90.6 cm³/mol. The fraction of sp³-hybridized carbons (Fsp3) is 0.389. The van der Waals surface area contributed by atoms with Gasteiger partial charge in [0.15, 0.2) is 0 Å². The second-order valence-corrected chi connectivity index (χ2v) is 5.72. The molecule has 5 heteroatoms. The van der Waals surface area contributed by atoms with E-state index in [4.69, 9.17) is 9.73 Å². The molecule has 0 radical (unpaired) electrons. The topological polar surface area (TPSA) is 50.6 Å². The molecule has 1 aromatic heterocycles. The maximum Gasteiger partial charge on any atom is 0.120 e. The van der Waals surface area contributed by atoms with Crippen LogP contribution in [0, 0.1) is 6.92 Å². The molecule has 5 nitrogen and oxygen atoms in total. The summed E-state index contributed by atoms with van der Waals surface area (Å²) in [5.74, 6) is 1.02. The number of aromatic nitrogens is 2. The first kappa shape index (κ1) is 15.6. The molecule has 3 rings (SSSR count). The number of aliphatic imine (C=N–C) groups is 1. The summed E-state index contributed by atoms with van der Waals surface area (Å²) < 4.78 is 5.42. The van der Waals surface area contributed by atoms with Crippen molar-refractivity contribution in [1.29, 1.82) is 0 Å². The van der Waals surface area contributed by atoms with E-state index < -0.39 is 0 Å². The Morgan fingerprint density at radius 2 is 1.91 bits per heavy atom. The molecule has 1 atom stereocenters. The Hall–Kier alpha value is -2.27. The van der Waals surface area contributed by atoms with Crippen LogP contribution in [0.25, 0.3) is 0 Å². The lowest BCUT2D eigenvalue weighted by molar-refractivity contribution is 0.0676. The molecule has 2 heterocycles. The molecule has 23 heavy (non-hydrogen) atoms. The van der Waals surface area contributed by atoms with Crippen molar-refractivity contribution in [3.05, 3.63) is 59.7 Å². The third kappa shape index (κ3) is 3.93. The lowest BCUT2D eigenvalue weighted by atomic mass is 10.0. The molecule has 1 aliphatic heterocycles. The third-order valence-corrected chi connectivity index (χ3v) is 4.04. The van der Waals surface area contributed by atoms with Gasteiger partial charge in [-0.15, -0.1) is 0 Å². The van der Waals surface area contributed by atoms with E-state index in [-0.39, 0.29) is 6.04 Å². The second-order valence-electron chi connectivity index (χ2n) is 5.72. The van der Waals surface area contributed by atoms with E-state index in [1.54, 1.807) is 18.6 Å². The van der Waals surface area contributed by atoms with E-state index in [0.29, 0.717) is 0 Å². The van der Waals surface area contributed by atoms with Crippen molar-refractivity contribution < 1.29 is 4.74 Å². The van der Waals surface area contributed by atoms with E-state index in [9.17, 15) is 0 Å². The number of rotatable bonds is 3. The Balaban J connectivity index is 1.93. The van der Waals surface area contributed by atoms with Crippen molar-refractivity contribution in [2.24, 2.45) is 4.99 Å². The maximum atomic E-state index is 5.42. The fourth-order valence-electron chi connectivity index (χ4n) is 2.67. The van der Waals surface area contributed by atoms with Crippen molar-refractivity contribution in [2.45, 2.75) is 19.9 Å². The molecule has 0 spiro atoms. The van der Waals surface area contributed by atoms with Crippen molar-refractivity contribution >= 4 is 5.84 Å². The number of morpholine rings is 1. The highest BCUT2D eigenvalue weighted by atomic mass is 16.5. The highest BCUT2D eigenvalue weighted by Crippen LogP contribution is 2.25. The summed E-state index contributed by atoms with van der Waals surface area (Å²) in [6.07, 6.45) is 5.20. The lowest BCUT2D eigenvalue weighted by Crippen LogP contribution is -2.39. The van der Waals surface area contributed by atoms with E-state index in [0.717, 1.165) is 43.4 Å². The van der Waals surface area contributed by atoms with Gasteiger partial charge >= 0.3 is 0 Å². The zero-order chi connectivity index (χ0) is 16.1. The van der Waals surface area contributed by atoms with Gasteiger partial charge in [0.2, 0.25) is 0 Å². The Labute approximate surface area is 137 Å². The minimum Gasteiger partial charge on any atom is -0.378 e. The first-order chi connectivity index (χ1) is 11.2. The number of hydrogen-bond donors (Lipinski definition) is 0. The SMILES string of the molecule is CC(=NC(c1ccc(C)cc1)c1cnccn1)N1CCOCC1. The van der Waals surface area contributed by atoms with Gasteiger partial charge in [0.1, 0.15) is 6.04 Å². The molecule has 120 valence electrons. The lowest BCUT2D eigenvalue weighted by Gasteiger charge is -2.29. The zero-order valence-electron chi connectivity index (χ0n) is 13.6. The largest absolute Gasteiger partial charge is 0.378 e. The van der Waals surface area contributed by atoms with Crippen molar-refractivity contribution in [3.8, 4) is 0 Å². The van der Waals surface area contributed by atoms with Crippen molar-refractivity contribution in [2.75, 3.05) is 26.3 Å². The second kappa shape index (κ2) is 7.33. The average molecular weight is 310 g/mol. The minimum absolute atomic E-state index is 0.132. The molecule has 0 N–H and O–H groups in total. The Morgan fingerprint density at radius 1 is 1.17 bits per heavy atom. The summed E-state index contributed by atoms with van der Waals surface area (Å²) in [7, 11) is 0. The van der Waals surface area contributed by atoms with Gasteiger partial charge in [-0.1, -0.05) is 29.8 Å². The van der Waals surface area contributed by atoms with Gasteiger partial charge in [-0.2, -0.15) is 0 Å². The maximum absolute atomic E-state index is 5.42. The van der Waals surface area contributed by atoms with E-state index in [2.05, 4.69) is 53.0 Å². The molecule has 0 saturated carbocycles. The first-order valence-electron chi connectivity index (χ1n) is 7.93. The van der Waals surface area contributed by atoms with Gasteiger partial charge in [0, 0.05) is 25.5 Å². The monoisotopic (exact) mass is 310 g/mol. The molecule has 1 aromatic carbocycles. The van der Waals surface area contributed by atoms with Crippen molar-refractivity contribution in [3.63, 3.8) is 0 Å². The summed E-state index contributed by atoms with van der Waals surface area (Å²) >= 11 is 0. The van der Waals surface area contributed by atoms with Crippen LogP contribution in [0.15, 0.2) is 47.8 Å². The number of aryl methyl sites for hydroxylation is 1. The average Bonchev–Trinajstić information content (AvgIpc) is 2.62. The standard InChI is InChI=1S/C18H22N4O/c1-14-3-5-16(6-4-14)18(17-13-19-7-8-20-17)21-15(2)22-9-11-23-12-10-22/h3-8,13,18H,9-12H2,1-2H3. The molecule has 0 bridgehead atoms. The van der Waals surface area contributed by atoms with Crippen LogP contribution in [0.2, 0.25) is 0 Å². The number of hydrogen-bond acceptors (Lipinski definition) is 4. The molecule has 2 aromatic rings. The summed E-state index contributed by atoms with van der Waals surface area (Å²) in [5, 5.41) is 0. The van der Waals surface area contributed by atoms with Crippen LogP contribution >= 0.6 is 0 Å². The van der Waals surface area contributed by atoms with Crippen molar-refractivity contribution in [1.82, 2.24) is 14.9 Å². The number of amidine groups is 1. The fourth-order valence-corrected chi connectivity index (χ4v) is 2.67. The molecule has 0 aliphatic carbocycles. The van der Waals surface area contributed by atoms with Crippen LogP contribution in [0.3, 0.4) is 0 Å². The van der Waals surface area contributed by atoms with Crippen LogP contribution in [0.4, 0.5) is 0 Å². The Kier molecular flexibility index (Phi) is 4.98. The quantitative estimate of drug-likeness (QED) is 0.646. The molecular formula is C18H22N4O. The Morgan fingerprint density at radius 3 is 2.57 bits per heavy atom. The minimum atomic E-state index is -0.132. The van der Waals surface area contributed by atoms with Crippen LogP contribution in [0.1, 0.15) is 29.8 Å². The first-order valence-corrected chi connectivity index (χ1v) is 7.93. The van der Waals surface area contributed by atoms with Crippen LogP contribution < -0.4 is 0 Å². The normalized spacial score (nSPS) is 17.1. The van der Waals surface area contributed by atoms with E-state index in [1.807, 2.05) is 0 Å². The number of nitrogens with zero attached hydrogens (tertiary/aromatic N) is 4. The molecule has 0 amide bonds. The summed E-state index contributed by atoms with van der Waals surface area (Å²) in [5.41, 5.74) is 3.23. The summed E-state index contributed by atoms with van der Waals surface area (Å²) in [6.45, 7) is 7.43. The number of ether oxygens (including phenoxy) is 1. The van der Waals surface area contributed by atoms with Crippen LogP contribution in [-0.2, 0) is 4.74 Å². The van der Waals surface area contributed by atoms with Gasteiger partial charge < -0.3 is 9.64 Å². The summed E-state index contributed by atoms with van der Waals surface area (Å²) in [6, 6.07) is 8.32. The van der Waals surface area contributed by atoms with E-state index in [1.165, 1.54) is 5.56 Å².